The molecule has 178 valence electrons. The van der Waals surface area contributed by atoms with Crippen LogP contribution >= 0.6 is 0 Å². The van der Waals surface area contributed by atoms with Crippen molar-refractivity contribution in [3.8, 4) is 5.75 Å². The van der Waals surface area contributed by atoms with E-state index in [1.165, 1.54) is 12.3 Å². The summed E-state index contributed by atoms with van der Waals surface area (Å²) in [7, 11) is 0. The van der Waals surface area contributed by atoms with Gasteiger partial charge in [-0.25, -0.2) is 4.98 Å². The number of hydrogen-bond donors (Lipinski definition) is 1. The molecule has 1 fully saturated rings. The summed E-state index contributed by atoms with van der Waals surface area (Å²) in [5.41, 5.74) is 1.44. The fourth-order valence-electron chi connectivity index (χ4n) is 3.86. The first-order valence-corrected chi connectivity index (χ1v) is 11.0. The number of rotatable bonds is 6. The number of anilines is 1. The Morgan fingerprint density at radius 3 is 2.65 bits per heavy atom. The molecule has 4 rings (SSSR count). The zero-order valence-corrected chi connectivity index (χ0v) is 18.8. The van der Waals surface area contributed by atoms with Crippen LogP contribution in [0.15, 0.2) is 60.9 Å². The molecule has 1 aliphatic heterocycles. The van der Waals surface area contributed by atoms with Gasteiger partial charge in [-0.3, -0.25) is 9.78 Å². The number of nitrogens with one attached hydrogen (secondary N) is 1. The predicted molar refractivity (Wildman–Crippen MR) is 122 cm³/mol. The number of aromatic nitrogens is 2. The lowest BCUT2D eigenvalue weighted by Gasteiger charge is -2.19. The van der Waals surface area contributed by atoms with E-state index in [-0.39, 0.29) is 18.1 Å². The van der Waals surface area contributed by atoms with Crippen molar-refractivity contribution in [2.75, 3.05) is 18.0 Å². The van der Waals surface area contributed by atoms with E-state index in [4.69, 9.17) is 4.74 Å². The molecule has 1 aliphatic rings. The van der Waals surface area contributed by atoms with Gasteiger partial charge in [0.2, 0.25) is 0 Å². The second kappa shape index (κ2) is 9.70. The molecule has 1 unspecified atom stereocenters. The van der Waals surface area contributed by atoms with E-state index >= 15 is 0 Å². The lowest BCUT2D eigenvalue weighted by atomic mass is 10.1. The van der Waals surface area contributed by atoms with E-state index in [2.05, 4.69) is 15.3 Å². The lowest BCUT2D eigenvalue weighted by molar-refractivity contribution is -0.141. The summed E-state index contributed by atoms with van der Waals surface area (Å²) in [6.07, 6.45) is -0.727. The van der Waals surface area contributed by atoms with Crippen molar-refractivity contribution in [3.63, 3.8) is 0 Å². The molecular weight excluding hydrogens is 445 g/mol. The van der Waals surface area contributed by atoms with Crippen LogP contribution in [0.5, 0.6) is 5.75 Å². The molecule has 1 N–H and O–H groups in total. The van der Waals surface area contributed by atoms with Crippen LogP contribution in [-0.4, -0.2) is 35.1 Å². The number of benzene rings is 1. The van der Waals surface area contributed by atoms with Gasteiger partial charge in [-0.05, 0) is 55.3 Å². The second-order valence-electron chi connectivity index (χ2n) is 8.37. The largest absolute Gasteiger partial charge is 0.489 e. The van der Waals surface area contributed by atoms with Crippen LogP contribution < -0.4 is 15.0 Å². The van der Waals surface area contributed by atoms with Gasteiger partial charge in [-0.1, -0.05) is 18.2 Å². The number of aryl methyl sites for hydroxylation is 1. The normalized spacial score (nSPS) is 16.9. The molecule has 34 heavy (non-hydrogen) atoms. The summed E-state index contributed by atoms with van der Waals surface area (Å²) in [6.45, 7) is 4.79. The molecule has 0 radical (unpaired) electrons. The quantitative estimate of drug-likeness (QED) is 0.552. The third-order valence-electron chi connectivity index (χ3n) is 5.66. The molecule has 1 aromatic carbocycles. The average molecular weight is 470 g/mol. The van der Waals surface area contributed by atoms with Gasteiger partial charge in [0.1, 0.15) is 23.4 Å². The predicted octanol–water partition coefficient (Wildman–Crippen LogP) is 4.95. The summed E-state index contributed by atoms with van der Waals surface area (Å²) >= 11 is 0. The third kappa shape index (κ3) is 5.65. The zero-order valence-electron chi connectivity index (χ0n) is 18.8. The first-order valence-electron chi connectivity index (χ1n) is 11.0. The van der Waals surface area contributed by atoms with Crippen molar-refractivity contribution in [2.45, 2.75) is 38.6 Å². The standard InChI is InChI=1S/C25H25F3N4O2/c1-16-12-19(14-29-13-16)24(33)30-17(2)18-6-8-20(9-7-18)34-21-10-11-32(15-21)23-5-3-4-22(31-23)25(26,27)28/h3-9,12-14,17,21H,10-11,15H2,1-2H3,(H,30,33)/t17-,21?/m0/s1. The minimum atomic E-state index is -4.47. The van der Waals surface area contributed by atoms with Crippen molar-refractivity contribution in [3.05, 3.63) is 83.3 Å². The van der Waals surface area contributed by atoms with Crippen molar-refractivity contribution < 1.29 is 22.7 Å². The van der Waals surface area contributed by atoms with Crippen LogP contribution in [0.2, 0.25) is 0 Å². The number of pyridine rings is 2. The van der Waals surface area contributed by atoms with Gasteiger partial charge < -0.3 is 15.0 Å². The lowest BCUT2D eigenvalue weighted by Crippen LogP contribution is -2.27. The van der Waals surface area contributed by atoms with Gasteiger partial charge in [-0.2, -0.15) is 13.2 Å². The van der Waals surface area contributed by atoms with Crippen LogP contribution in [0.1, 0.15) is 46.6 Å². The number of halogens is 3. The van der Waals surface area contributed by atoms with Gasteiger partial charge in [0.05, 0.1) is 18.2 Å². The molecular formula is C25H25F3N4O2. The average Bonchev–Trinajstić information content (AvgIpc) is 3.27. The van der Waals surface area contributed by atoms with Crippen LogP contribution in [-0.2, 0) is 6.18 Å². The number of hydrogen-bond acceptors (Lipinski definition) is 5. The number of ether oxygens (including phenoxy) is 1. The van der Waals surface area contributed by atoms with Crippen molar-refractivity contribution in [2.24, 2.45) is 0 Å². The molecule has 0 bridgehead atoms. The van der Waals surface area contributed by atoms with Gasteiger partial charge in [-0.15, -0.1) is 0 Å². The van der Waals surface area contributed by atoms with Gasteiger partial charge in [0.15, 0.2) is 0 Å². The van der Waals surface area contributed by atoms with Gasteiger partial charge >= 0.3 is 6.18 Å². The highest BCUT2D eigenvalue weighted by atomic mass is 19.4. The van der Waals surface area contributed by atoms with E-state index in [9.17, 15) is 18.0 Å². The number of amides is 1. The van der Waals surface area contributed by atoms with Crippen molar-refractivity contribution in [1.82, 2.24) is 15.3 Å². The summed E-state index contributed by atoms with van der Waals surface area (Å²) in [5.74, 6) is 0.761. The Hall–Kier alpha value is -3.62. The molecule has 3 heterocycles. The Morgan fingerprint density at radius 1 is 1.18 bits per heavy atom. The number of alkyl halides is 3. The Balaban J connectivity index is 1.33. The summed E-state index contributed by atoms with van der Waals surface area (Å²) in [5, 5.41) is 2.96. The Morgan fingerprint density at radius 2 is 1.94 bits per heavy atom. The molecule has 2 atom stereocenters. The van der Waals surface area contributed by atoms with Gasteiger partial charge in [0, 0.05) is 25.4 Å². The molecule has 2 aromatic heterocycles. The van der Waals surface area contributed by atoms with Gasteiger partial charge in [0.25, 0.3) is 5.91 Å². The topological polar surface area (TPSA) is 67.3 Å². The number of nitrogens with zero attached hydrogens (tertiary/aromatic N) is 3. The zero-order chi connectivity index (χ0) is 24.3. The van der Waals surface area contributed by atoms with Crippen LogP contribution in [0, 0.1) is 6.92 Å². The Labute approximate surface area is 195 Å². The molecule has 6 nitrogen and oxygen atoms in total. The Kier molecular flexibility index (Phi) is 6.72. The summed E-state index contributed by atoms with van der Waals surface area (Å²) < 4.78 is 44.9. The van der Waals surface area contributed by atoms with Crippen LogP contribution in [0.25, 0.3) is 0 Å². The summed E-state index contributed by atoms with van der Waals surface area (Å²) in [4.78, 5) is 22.1. The highest BCUT2D eigenvalue weighted by Crippen LogP contribution is 2.30. The van der Waals surface area contributed by atoms with Crippen LogP contribution in [0.4, 0.5) is 19.0 Å². The highest BCUT2D eigenvalue weighted by molar-refractivity contribution is 5.94. The molecule has 0 saturated carbocycles. The fourth-order valence-corrected chi connectivity index (χ4v) is 3.86. The van der Waals surface area contributed by atoms with Crippen molar-refractivity contribution in [1.29, 1.82) is 0 Å². The SMILES string of the molecule is Cc1cncc(C(=O)N[C@@H](C)c2ccc(OC3CCN(c4cccc(C(F)(F)F)n4)C3)cc2)c1. The van der Waals surface area contributed by atoms with E-state index in [1.54, 1.807) is 23.2 Å². The van der Waals surface area contributed by atoms with E-state index in [0.717, 1.165) is 17.2 Å². The van der Waals surface area contributed by atoms with E-state index < -0.39 is 11.9 Å². The molecule has 0 spiro atoms. The molecule has 0 aliphatic carbocycles. The summed E-state index contributed by atoms with van der Waals surface area (Å²) in [6, 6.07) is 12.9. The van der Waals surface area contributed by atoms with Crippen molar-refractivity contribution >= 4 is 11.7 Å². The van der Waals surface area contributed by atoms with E-state index in [1.807, 2.05) is 38.1 Å². The second-order valence-corrected chi connectivity index (χ2v) is 8.37. The number of carbonyl (C=O) groups excluding carboxylic acids is 1. The molecule has 1 amide bonds. The van der Waals surface area contributed by atoms with E-state index in [0.29, 0.717) is 36.6 Å². The smallest absolute Gasteiger partial charge is 0.433 e. The molecule has 3 aromatic rings. The maximum absolute atomic E-state index is 12.9. The molecule has 1 saturated heterocycles. The third-order valence-corrected chi connectivity index (χ3v) is 5.66. The maximum atomic E-state index is 12.9. The minimum absolute atomic E-state index is 0.159. The Bertz CT molecular complexity index is 1150. The first kappa shape index (κ1) is 23.5. The maximum Gasteiger partial charge on any atom is 0.433 e. The first-order chi connectivity index (χ1) is 16.2. The van der Waals surface area contributed by atoms with Crippen LogP contribution in [0.3, 0.4) is 0 Å². The minimum Gasteiger partial charge on any atom is -0.489 e. The monoisotopic (exact) mass is 470 g/mol. The highest BCUT2D eigenvalue weighted by Gasteiger charge is 2.33. The molecule has 9 heteroatoms. The fraction of sp³-hybridized carbons (Fsp3) is 0.320. The number of carbonyl (C=O) groups is 1.